The average Bonchev–Trinajstić information content (AvgIpc) is 2.33. The molecular formula is C12H17ClN2O3S. The summed E-state index contributed by atoms with van der Waals surface area (Å²) >= 11 is 6.11. The highest BCUT2D eigenvalue weighted by Crippen LogP contribution is 2.27. The van der Waals surface area contributed by atoms with Crippen molar-refractivity contribution in [1.29, 1.82) is 0 Å². The van der Waals surface area contributed by atoms with Crippen molar-refractivity contribution in [3.8, 4) is 0 Å². The molecule has 1 aliphatic rings. The molecule has 1 aromatic carbocycles. The van der Waals surface area contributed by atoms with Crippen molar-refractivity contribution in [3.63, 3.8) is 0 Å². The topological polar surface area (TPSA) is 67.4 Å². The van der Waals surface area contributed by atoms with E-state index < -0.39 is 10.0 Å². The SMILES string of the molecule is CS(=O)(=O)Nc1ccc(Cl)c(NC2CCCOC2)c1. The molecule has 7 heteroatoms. The lowest BCUT2D eigenvalue weighted by Gasteiger charge is -2.24. The summed E-state index contributed by atoms with van der Waals surface area (Å²) in [6.45, 7) is 1.43. The maximum atomic E-state index is 11.2. The van der Waals surface area contributed by atoms with E-state index in [-0.39, 0.29) is 6.04 Å². The van der Waals surface area contributed by atoms with Crippen LogP contribution in [0.4, 0.5) is 11.4 Å². The summed E-state index contributed by atoms with van der Waals surface area (Å²) in [6, 6.07) is 5.20. The fourth-order valence-corrected chi connectivity index (χ4v) is 2.72. The van der Waals surface area contributed by atoms with E-state index in [4.69, 9.17) is 16.3 Å². The molecule has 1 atom stereocenters. The molecule has 1 heterocycles. The Morgan fingerprint density at radius 2 is 2.21 bits per heavy atom. The molecule has 0 spiro atoms. The molecule has 1 saturated heterocycles. The van der Waals surface area contributed by atoms with Gasteiger partial charge >= 0.3 is 0 Å². The van der Waals surface area contributed by atoms with E-state index in [2.05, 4.69) is 10.0 Å². The lowest BCUT2D eigenvalue weighted by molar-refractivity contribution is 0.0876. The Balaban J connectivity index is 2.12. The van der Waals surface area contributed by atoms with Crippen molar-refractivity contribution in [3.05, 3.63) is 23.2 Å². The standard InChI is InChI=1S/C12H17ClN2O3S/c1-19(16,17)15-9-4-5-11(13)12(7-9)14-10-3-2-6-18-8-10/h4-5,7,10,14-15H,2-3,6,8H2,1H3. The maximum Gasteiger partial charge on any atom is 0.229 e. The van der Waals surface area contributed by atoms with Gasteiger partial charge in [0, 0.05) is 12.6 Å². The van der Waals surface area contributed by atoms with Crippen LogP contribution in [0.15, 0.2) is 18.2 Å². The van der Waals surface area contributed by atoms with Crippen molar-refractivity contribution in [1.82, 2.24) is 0 Å². The van der Waals surface area contributed by atoms with Gasteiger partial charge in [-0.2, -0.15) is 0 Å². The first-order valence-corrected chi connectivity index (χ1v) is 8.32. The molecule has 19 heavy (non-hydrogen) atoms. The van der Waals surface area contributed by atoms with Gasteiger partial charge in [-0.05, 0) is 31.0 Å². The van der Waals surface area contributed by atoms with E-state index in [1.54, 1.807) is 18.2 Å². The van der Waals surface area contributed by atoms with E-state index in [0.717, 1.165) is 25.7 Å². The van der Waals surface area contributed by atoms with Gasteiger partial charge in [-0.25, -0.2) is 8.42 Å². The first-order chi connectivity index (χ1) is 8.94. The molecule has 1 unspecified atom stereocenters. The van der Waals surface area contributed by atoms with Gasteiger partial charge in [-0.3, -0.25) is 4.72 Å². The zero-order valence-electron chi connectivity index (χ0n) is 10.6. The van der Waals surface area contributed by atoms with Crippen LogP contribution in [0.1, 0.15) is 12.8 Å². The number of anilines is 2. The Morgan fingerprint density at radius 1 is 1.42 bits per heavy atom. The van der Waals surface area contributed by atoms with Crippen LogP contribution in [-0.4, -0.2) is 33.9 Å². The van der Waals surface area contributed by atoms with Crippen molar-refractivity contribution in [2.45, 2.75) is 18.9 Å². The van der Waals surface area contributed by atoms with Gasteiger partial charge < -0.3 is 10.1 Å². The Kier molecular flexibility index (Phi) is 4.54. The predicted octanol–water partition coefficient (Wildman–Crippen LogP) is 2.30. The molecule has 0 aromatic heterocycles. The molecule has 106 valence electrons. The number of halogens is 1. The Labute approximate surface area is 118 Å². The summed E-state index contributed by atoms with van der Waals surface area (Å²) < 4.78 is 30.2. The van der Waals surface area contributed by atoms with Crippen LogP contribution < -0.4 is 10.0 Å². The van der Waals surface area contributed by atoms with Crippen LogP contribution in [0.25, 0.3) is 0 Å². The summed E-state index contributed by atoms with van der Waals surface area (Å²) in [7, 11) is -3.29. The fraction of sp³-hybridized carbons (Fsp3) is 0.500. The van der Waals surface area contributed by atoms with Crippen molar-refractivity contribution < 1.29 is 13.2 Å². The van der Waals surface area contributed by atoms with E-state index in [1.165, 1.54) is 0 Å². The molecule has 1 aromatic rings. The number of hydrogen-bond donors (Lipinski definition) is 2. The largest absolute Gasteiger partial charge is 0.379 e. The van der Waals surface area contributed by atoms with Crippen LogP contribution in [0.5, 0.6) is 0 Å². The molecule has 1 aliphatic heterocycles. The van der Waals surface area contributed by atoms with Crippen LogP contribution in [0.3, 0.4) is 0 Å². The van der Waals surface area contributed by atoms with Gasteiger partial charge in [-0.1, -0.05) is 11.6 Å². The number of sulfonamides is 1. The molecule has 2 rings (SSSR count). The molecule has 0 amide bonds. The summed E-state index contributed by atoms with van der Waals surface area (Å²) in [5, 5.41) is 3.84. The van der Waals surface area contributed by atoms with Crippen LogP contribution >= 0.6 is 11.6 Å². The number of benzene rings is 1. The predicted molar refractivity (Wildman–Crippen MR) is 77.4 cm³/mol. The molecule has 0 saturated carbocycles. The van der Waals surface area contributed by atoms with Gasteiger partial charge in [0.2, 0.25) is 10.0 Å². The second kappa shape index (κ2) is 5.98. The molecule has 5 nitrogen and oxygen atoms in total. The molecule has 2 N–H and O–H groups in total. The van der Waals surface area contributed by atoms with Crippen LogP contribution in [-0.2, 0) is 14.8 Å². The monoisotopic (exact) mass is 304 g/mol. The highest BCUT2D eigenvalue weighted by Gasteiger charge is 2.15. The summed E-state index contributed by atoms with van der Waals surface area (Å²) in [4.78, 5) is 0. The van der Waals surface area contributed by atoms with Gasteiger partial charge in [0.15, 0.2) is 0 Å². The van der Waals surface area contributed by atoms with Crippen LogP contribution in [0, 0.1) is 0 Å². The second-order valence-corrected chi connectivity index (χ2v) is 6.78. The zero-order valence-corrected chi connectivity index (χ0v) is 12.2. The van der Waals surface area contributed by atoms with Crippen molar-refractivity contribution >= 4 is 33.0 Å². The summed E-state index contributed by atoms with van der Waals surface area (Å²) in [6.07, 6.45) is 3.14. The van der Waals surface area contributed by atoms with E-state index in [0.29, 0.717) is 23.0 Å². The minimum atomic E-state index is -3.29. The number of hydrogen-bond acceptors (Lipinski definition) is 4. The lowest BCUT2D eigenvalue weighted by atomic mass is 10.1. The molecule has 1 fully saturated rings. The molecule has 0 radical (unpaired) electrons. The second-order valence-electron chi connectivity index (χ2n) is 4.63. The number of rotatable bonds is 4. The van der Waals surface area contributed by atoms with Gasteiger partial charge in [0.05, 0.1) is 29.3 Å². The first-order valence-electron chi connectivity index (χ1n) is 6.06. The fourth-order valence-electron chi connectivity index (χ4n) is 1.99. The minimum absolute atomic E-state index is 0.208. The smallest absolute Gasteiger partial charge is 0.229 e. The molecular weight excluding hydrogens is 288 g/mol. The quantitative estimate of drug-likeness (QED) is 0.895. The van der Waals surface area contributed by atoms with Crippen molar-refractivity contribution in [2.24, 2.45) is 0 Å². The third-order valence-corrected chi connectivity index (χ3v) is 3.73. The molecule has 0 aliphatic carbocycles. The highest BCUT2D eigenvalue weighted by atomic mass is 35.5. The van der Waals surface area contributed by atoms with Gasteiger partial charge in [0.25, 0.3) is 0 Å². The third-order valence-electron chi connectivity index (χ3n) is 2.79. The Hall–Kier alpha value is -0.980. The maximum absolute atomic E-state index is 11.2. The lowest BCUT2D eigenvalue weighted by Crippen LogP contribution is -2.30. The Morgan fingerprint density at radius 3 is 2.84 bits per heavy atom. The third kappa shape index (κ3) is 4.56. The first kappa shape index (κ1) is 14.4. The summed E-state index contributed by atoms with van der Waals surface area (Å²) in [5.74, 6) is 0. The number of nitrogens with one attached hydrogen (secondary N) is 2. The van der Waals surface area contributed by atoms with Gasteiger partial charge in [-0.15, -0.1) is 0 Å². The summed E-state index contributed by atoms with van der Waals surface area (Å²) in [5.41, 5.74) is 1.21. The zero-order chi connectivity index (χ0) is 13.9. The van der Waals surface area contributed by atoms with Crippen molar-refractivity contribution in [2.75, 3.05) is 29.5 Å². The minimum Gasteiger partial charge on any atom is -0.379 e. The van der Waals surface area contributed by atoms with Crippen LogP contribution in [0.2, 0.25) is 5.02 Å². The Bertz CT molecular complexity index is 542. The average molecular weight is 305 g/mol. The molecule has 0 bridgehead atoms. The van der Waals surface area contributed by atoms with Gasteiger partial charge in [0.1, 0.15) is 0 Å². The highest BCUT2D eigenvalue weighted by molar-refractivity contribution is 7.92. The van der Waals surface area contributed by atoms with E-state index in [9.17, 15) is 8.42 Å². The van der Waals surface area contributed by atoms with E-state index in [1.807, 2.05) is 0 Å². The number of ether oxygens (including phenoxy) is 1. The normalized spacial score (nSPS) is 20.0. The van der Waals surface area contributed by atoms with E-state index >= 15 is 0 Å².